The van der Waals surface area contributed by atoms with Crippen molar-refractivity contribution in [2.75, 3.05) is 6.54 Å². The predicted octanol–water partition coefficient (Wildman–Crippen LogP) is 3.23. The molecule has 2 rings (SSSR count). The molecule has 22 heavy (non-hydrogen) atoms. The smallest absolute Gasteiger partial charge is 0.252 e. The molecule has 4 nitrogen and oxygen atoms in total. The maximum Gasteiger partial charge on any atom is 0.252 e. The summed E-state index contributed by atoms with van der Waals surface area (Å²) in [6.45, 7) is 0.973. The Balaban J connectivity index is 1.59. The third kappa shape index (κ3) is 5.50. The standard InChI is InChI=1S/C16H17ClN2O2S/c17-14-5-3-12(4-6-14)10-19-15(20)2-1-8-18-16(21)13-7-9-22-11-13/h3-7,9,11H,1-2,8,10H2,(H,18,21)(H,19,20). The van der Waals surface area contributed by atoms with E-state index in [1.165, 1.54) is 11.3 Å². The van der Waals surface area contributed by atoms with Gasteiger partial charge in [0.2, 0.25) is 5.91 Å². The van der Waals surface area contributed by atoms with Gasteiger partial charge in [-0.1, -0.05) is 23.7 Å². The second kappa shape index (κ2) is 8.56. The number of carbonyl (C=O) groups excluding carboxylic acids is 2. The molecule has 116 valence electrons. The molecule has 2 N–H and O–H groups in total. The summed E-state index contributed by atoms with van der Waals surface area (Å²) < 4.78 is 0. The summed E-state index contributed by atoms with van der Waals surface area (Å²) in [5.41, 5.74) is 1.67. The van der Waals surface area contributed by atoms with Gasteiger partial charge in [0.25, 0.3) is 5.91 Å². The van der Waals surface area contributed by atoms with Gasteiger partial charge in [0.1, 0.15) is 0 Å². The van der Waals surface area contributed by atoms with Gasteiger partial charge in [-0.05, 0) is 35.6 Å². The molecule has 0 saturated heterocycles. The quantitative estimate of drug-likeness (QED) is 0.763. The van der Waals surface area contributed by atoms with E-state index in [2.05, 4.69) is 10.6 Å². The van der Waals surface area contributed by atoms with Gasteiger partial charge < -0.3 is 10.6 Å². The molecule has 2 aromatic rings. The number of rotatable bonds is 7. The van der Waals surface area contributed by atoms with Crippen molar-refractivity contribution < 1.29 is 9.59 Å². The summed E-state index contributed by atoms with van der Waals surface area (Å²) in [6, 6.07) is 9.12. The van der Waals surface area contributed by atoms with Gasteiger partial charge in [0.15, 0.2) is 0 Å². The number of hydrogen-bond acceptors (Lipinski definition) is 3. The average Bonchev–Trinajstić information content (AvgIpc) is 3.05. The van der Waals surface area contributed by atoms with Crippen LogP contribution in [0.15, 0.2) is 41.1 Å². The van der Waals surface area contributed by atoms with Crippen molar-refractivity contribution >= 4 is 34.8 Å². The topological polar surface area (TPSA) is 58.2 Å². The van der Waals surface area contributed by atoms with Crippen LogP contribution in [-0.2, 0) is 11.3 Å². The maximum atomic E-state index is 11.7. The monoisotopic (exact) mass is 336 g/mol. The summed E-state index contributed by atoms with van der Waals surface area (Å²) in [4.78, 5) is 23.4. The van der Waals surface area contributed by atoms with Gasteiger partial charge in [-0.2, -0.15) is 11.3 Å². The molecule has 0 aliphatic heterocycles. The van der Waals surface area contributed by atoms with Crippen LogP contribution in [0, 0.1) is 0 Å². The molecule has 0 unspecified atom stereocenters. The summed E-state index contributed by atoms with van der Waals surface area (Å²) >= 11 is 7.28. The first-order valence-electron chi connectivity index (χ1n) is 6.96. The molecule has 0 aliphatic carbocycles. The van der Waals surface area contributed by atoms with Crippen LogP contribution >= 0.6 is 22.9 Å². The molecule has 0 saturated carbocycles. The Morgan fingerprint density at radius 2 is 1.86 bits per heavy atom. The van der Waals surface area contributed by atoms with Crippen molar-refractivity contribution in [1.82, 2.24) is 10.6 Å². The molecule has 0 radical (unpaired) electrons. The van der Waals surface area contributed by atoms with E-state index in [9.17, 15) is 9.59 Å². The zero-order valence-electron chi connectivity index (χ0n) is 12.0. The van der Waals surface area contributed by atoms with Gasteiger partial charge in [-0.15, -0.1) is 0 Å². The first kappa shape index (κ1) is 16.5. The molecule has 1 heterocycles. The van der Waals surface area contributed by atoms with E-state index >= 15 is 0 Å². The molecule has 0 atom stereocenters. The van der Waals surface area contributed by atoms with Gasteiger partial charge in [-0.25, -0.2) is 0 Å². The minimum Gasteiger partial charge on any atom is -0.352 e. The first-order chi connectivity index (χ1) is 10.6. The van der Waals surface area contributed by atoms with E-state index in [4.69, 9.17) is 11.6 Å². The van der Waals surface area contributed by atoms with Gasteiger partial charge >= 0.3 is 0 Å². The lowest BCUT2D eigenvalue weighted by Crippen LogP contribution is -2.27. The third-order valence-electron chi connectivity index (χ3n) is 3.05. The van der Waals surface area contributed by atoms with Gasteiger partial charge in [0.05, 0.1) is 0 Å². The number of amides is 2. The van der Waals surface area contributed by atoms with E-state index < -0.39 is 0 Å². The Bertz CT molecular complexity index is 612. The molecule has 6 heteroatoms. The van der Waals surface area contributed by atoms with Crippen molar-refractivity contribution in [2.24, 2.45) is 0 Å². The van der Waals surface area contributed by atoms with Gasteiger partial charge in [0, 0.05) is 35.5 Å². The summed E-state index contributed by atoms with van der Waals surface area (Å²) in [5, 5.41) is 9.97. The minimum atomic E-state index is -0.0946. The van der Waals surface area contributed by atoms with Crippen molar-refractivity contribution in [3.8, 4) is 0 Å². The van der Waals surface area contributed by atoms with E-state index in [1.54, 1.807) is 23.6 Å². The molecule has 1 aromatic heterocycles. The van der Waals surface area contributed by atoms with Crippen LogP contribution in [0.5, 0.6) is 0 Å². The van der Waals surface area contributed by atoms with Crippen LogP contribution in [-0.4, -0.2) is 18.4 Å². The van der Waals surface area contributed by atoms with Gasteiger partial charge in [-0.3, -0.25) is 9.59 Å². The Kier molecular flexibility index (Phi) is 6.43. The molecular formula is C16H17ClN2O2S. The molecule has 0 aliphatic rings. The summed E-state index contributed by atoms with van der Waals surface area (Å²) in [5.74, 6) is -0.123. The van der Waals surface area contributed by atoms with E-state index in [1.807, 2.05) is 17.5 Å². The van der Waals surface area contributed by atoms with Crippen LogP contribution in [0.3, 0.4) is 0 Å². The van der Waals surface area contributed by atoms with Crippen molar-refractivity contribution in [3.05, 3.63) is 57.2 Å². The fraction of sp³-hybridized carbons (Fsp3) is 0.250. The zero-order valence-corrected chi connectivity index (χ0v) is 13.5. The lowest BCUT2D eigenvalue weighted by Gasteiger charge is -2.06. The van der Waals surface area contributed by atoms with Crippen molar-refractivity contribution in [3.63, 3.8) is 0 Å². The number of hydrogen-bond donors (Lipinski definition) is 2. The molecule has 0 fully saturated rings. The molecule has 1 aromatic carbocycles. The molecule has 0 bridgehead atoms. The second-order valence-corrected chi connectivity index (χ2v) is 5.99. The molecular weight excluding hydrogens is 320 g/mol. The Hall–Kier alpha value is -1.85. The fourth-order valence-electron chi connectivity index (χ4n) is 1.84. The SMILES string of the molecule is O=C(CCCNC(=O)c1ccsc1)NCc1ccc(Cl)cc1. The Labute approximate surface area is 138 Å². The number of benzene rings is 1. The highest BCUT2D eigenvalue weighted by Gasteiger charge is 2.05. The summed E-state index contributed by atoms with van der Waals surface area (Å²) in [6.07, 6.45) is 1.000. The van der Waals surface area contributed by atoms with Crippen LogP contribution in [0.25, 0.3) is 0 Å². The highest BCUT2D eigenvalue weighted by atomic mass is 35.5. The average molecular weight is 337 g/mol. The Morgan fingerprint density at radius 3 is 2.55 bits per heavy atom. The Morgan fingerprint density at radius 1 is 1.09 bits per heavy atom. The van der Waals surface area contributed by atoms with Crippen LogP contribution in [0.2, 0.25) is 5.02 Å². The zero-order chi connectivity index (χ0) is 15.8. The van der Waals surface area contributed by atoms with E-state index in [0.29, 0.717) is 36.5 Å². The second-order valence-electron chi connectivity index (χ2n) is 4.77. The lowest BCUT2D eigenvalue weighted by atomic mass is 10.2. The molecule has 2 amide bonds. The molecule has 0 spiro atoms. The minimum absolute atomic E-state index is 0.0280. The lowest BCUT2D eigenvalue weighted by molar-refractivity contribution is -0.121. The van der Waals surface area contributed by atoms with Crippen molar-refractivity contribution in [2.45, 2.75) is 19.4 Å². The maximum absolute atomic E-state index is 11.7. The largest absolute Gasteiger partial charge is 0.352 e. The van der Waals surface area contributed by atoms with E-state index in [0.717, 1.165) is 5.56 Å². The number of halogens is 1. The predicted molar refractivity (Wildman–Crippen MR) is 89.2 cm³/mol. The number of nitrogens with one attached hydrogen (secondary N) is 2. The van der Waals surface area contributed by atoms with Crippen molar-refractivity contribution in [1.29, 1.82) is 0 Å². The normalized spacial score (nSPS) is 10.2. The number of thiophene rings is 1. The fourth-order valence-corrected chi connectivity index (χ4v) is 2.60. The third-order valence-corrected chi connectivity index (χ3v) is 3.99. The van der Waals surface area contributed by atoms with E-state index in [-0.39, 0.29) is 11.8 Å². The van der Waals surface area contributed by atoms with Crippen LogP contribution < -0.4 is 10.6 Å². The highest BCUT2D eigenvalue weighted by Crippen LogP contribution is 2.09. The highest BCUT2D eigenvalue weighted by molar-refractivity contribution is 7.08. The summed E-state index contributed by atoms with van der Waals surface area (Å²) in [7, 11) is 0. The van der Waals surface area contributed by atoms with Crippen LogP contribution in [0.4, 0.5) is 0 Å². The first-order valence-corrected chi connectivity index (χ1v) is 8.29. The number of carbonyl (C=O) groups is 2. The van der Waals surface area contributed by atoms with Crippen LogP contribution in [0.1, 0.15) is 28.8 Å².